The summed E-state index contributed by atoms with van der Waals surface area (Å²) in [5, 5.41) is 3.71. The Morgan fingerprint density at radius 2 is 2.18 bits per heavy atom. The van der Waals surface area contributed by atoms with Crippen molar-refractivity contribution in [3.63, 3.8) is 0 Å². The molecule has 2 saturated heterocycles. The lowest BCUT2D eigenvalue weighted by Crippen LogP contribution is -2.37. The lowest BCUT2D eigenvalue weighted by molar-refractivity contribution is 0.196. The van der Waals surface area contributed by atoms with Crippen LogP contribution in [0.15, 0.2) is 18.6 Å². The van der Waals surface area contributed by atoms with Crippen LogP contribution in [0, 0.1) is 0 Å². The van der Waals surface area contributed by atoms with Gasteiger partial charge in [0, 0.05) is 43.8 Å². The summed E-state index contributed by atoms with van der Waals surface area (Å²) in [6.07, 6.45) is 9.37. The van der Waals surface area contributed by atoms with Gasteiger partial charge in [0.05, 0.1) is 11.7 Å². The predicted octanol–water partition coefficient (Wildman–Crippen LogP) is 1.36. The average molecular weight is 232 g/mol. The molecule has 92 valence electrons. The van der Waals surface area contributed by atoms with Gasteiger partial charge < -0.3 is 5.32 Å². The highest BCUT2D eigenvalue weighted by molar-refractivity contribution is 5.03. The molecule has 2 fully saturated rings. The molecule has 0 amide bonds. The molecule has 1 aromatic rings. The SMILES string of the molecule is CC(c1cnccn1)N1CCC2CCC(C1)N2. The molecule has 3 atom stereocenters. The van der Waals surface area contributed by atoms with E-state index in [0.29, 0.717) is 12.1 Å². The molecule has 1 aromatic heterocycles. The maximum absolute atomic E-state index is 4.42. The Bertz CT molecular complexity index is 367. The molecule has 4 heteroatoms. The second-order valence-corrected chi connectivity index (χ2v) is 5.23. The second kappa shape index (κ2) is 4.70. The lowest BCUT2D eigenvalue weighted by atomic mass is 10.1. The molecule has 2 aliphatic rings. The topological polar surface area (TPSA) is 41.1 Å². The molecule has 0 radical (unpaired) electrons. The zero-order chi connectivity index (χ0) is 11.7. The van der Waals surface area contributed by atoms with Crippen LogP contribution in [0.3, 0.4) is 0 Å². The van der Waals surface area contributed by atoms with Gasteiger partial charge in [0.25, 0.3) is 0 Å². The number of aromatic nitrogens is 2. The minimum Gasteiger partial charge on any atom is -0.310 e. The first-order chi connectivity index (χ1) is 8.33. The number of hydrogen-bond acceptors (Lipinski definition) is 4. The zero-order valence-corrected chi connectivity index (χ0v) is 10.3. The van der Waals surface area contributed by atoms with Crippen LogP contribution in [-0.4, -0.2) is 40.0 Å². The average Bonchev–Trinajstić information content (AvgIpc) is 2.69. The van der Waals surface area contributed by atoms with E-state index in [1.807, 2.05) is 6.20 Å². The summed E-state index contributed by atoms with van der Waals surface area (Å²) >= 11 is 0. The van der Waals surface area contributed by atoms with E-state index in [9.17, 15) is 0 Å². The Labute approximate surface area is 102 Å². The Kier molecular flexibility index (Phi) is 3.07. The number of rotatable bonds is 2. The first-order valence-electron chi connectivity index (χ1n) is 6.59. The molecule has 3 rings (SSSR count). The molecule has 0 aliphatic carbocycles. The van der Waals surface area contributed by atoms with Gasteiger partial charge in [-0.05, 0) is 26.2 Å². The summed E-state index contributed by atoms with van der Waals surface area (Å²) in [6, 6.07) is 1.81. The smallest absolute Gasteiger partial charge is 0.0755 e. The van der Waals surface area contributed by atoms with Crippen LogP contribution in [0.4, 0.5) is 0 Å². The minimum absolute atomic E-state index is 0.379. The van der Waals surface area contributed by atoms with Crippen LogP contribution in [0.1, 0.15) is 37.9 Å². The second-order valence-electron chi connectivity index (χ2n) is 5.23. The van der Waals surface area contributed by atoms with Crippen LogP contribution < -0.4 is 5.32 Å². The molecular weight excluding hydrogens is 212 g/mol. The molecular formula is C13H20N4. The van der Waals surface area contributed by atoms with Gasteiger partial charge >= 0.3 is 0 Å². The van der Waals surface area contributed by atoms with Crippen molar-refractivity contribution < 1.29 is 0 Å². The summed E-state index contributed by atoms with van der Waals surface area (Å²) in [4.78, 5) is 11.1. The van der Waals surface area contributed by atoms with Gasteiger partial charge in [0.15, 0.2) is 0 Å². The van der Waals surface area contributed by atoms with Gasteiger partial charge in [0.2, 0.25) is 0 Å². The van der Waals surface area contributed by atoms with E-state index in [0.717, 1.165) is 18.3 Å². The fraction of sp³-hybridized carbons (Fsp3) is 0.692. The number of nitrogens with one attached hydrogen (secondary N) is 1. The molecule has 0 spiro atoms. The summed E-state index contributed by atoms with van der Waals surface area (Å²) in [5.74, 6) is 0. The number of likely N-dealkylation sites (tertiary alicyclic amines) is 1. The van der Waals surface area contributed by atoms with Crippen molar-refractivity contribution in [1.82, 2.24) is 20.2 Å². The van der Waals surface area contributed by atoms with Crippen molar-refractivity contribution in [2.45, 2.75) is 44.3 Å². The van der Waals surface area contributed by atoms with E-state index in [-0.39, 0.29) is 0 Å². The van der Waals surface area contributed by atoms with E-state index in [4.69, 9.17) is 0 Å². The van der Waals surface area contributed by atoms with Gasteiger partial charge in [-0.2, -0.15) is 0 Å². The first-order valence-corrected chi connectivity index (χ1v) is 6.59. The van der Waals surface area contributed by atoms with Crippen molar-refractivity contribution in [3.8, 4) is 0 Å². The van der Waals surface area contributed by atoms with Crippen molar-refractivity contribution in [2.75, 3.05) is 13.1 Å². The zero-order valence-electron chi connectivity index (χ0n) is 10.3. The summed E-state index contributed by atoms with van der Waals surface area (Å²) < 4.78 is 0. The van der Waals surface area contributed by atoms with Crippen LogP contribution in [0.5, 0.6) is 0 Å². The van der Waals surface area contributed by atoms with Gasteiger partial charge in [-0.25, -0.2) is 0 Å². The first kappa shape index (κ1) is 11.1. The van der Waals surface area contributed by atoms with Crippen molar-refractivity contribution in [1.29, 1.82) is 0 Å². The monoisotopic (exact) mass is 232 g/mol. The molecule has 4 nitrogen and oxygen atoms in total. The Balaban J connectivity index is 1.72. The Morgan fingerprint density at radius 1 is 1.29 bits per heavy atom. The fourth-order valence-electron chi connectivity index (χ4n) is 3.04. The highest BCUT2D eigenvalue weighted by atomic mass is 15.2. The minimum atomic E-state index is 0.379. The normalized spacial score (nSPS) is 31.1. The maximum Gasteiger partial charge on any atom is 0.0755 e. The quantitative estimate of drug-likeness (QED) is 0.836. The number of hydrogen-bond donors (Lipinski definition) is 1. The molecule has 2 bridgehead atoms. The largest absolute Gasteiger partial charge is 0.310 e. The molecule has 3 heterocycles. The standard InChI is InChI=1S/C13H20N4/c1-10(13-8-14-5-6-15-13)17-7-4-11-2-3-12(9-17)16-11/h5-6,8,10-12,16H,2-4,7,9H2,1H3. The molecule has 1 N–H and O–H groups in total. The highest BCUT2D eigenvalue weighted by Gasteiger charge is 2.31. The van der Waals surface area contributed by atoms with E-state index in [2.05, 4.69) is 27.1 Å². The van der Waals surface area contributed by atoms with Crippen LogP contribution in [-0.2, 0) is 0 Å². The number of fused-ring (bicyclic) bond motifs is 2. The Morgan fingerprint density at radius 3 is 3.00 bits per heavy atom. The van der Waals surface area contributed by atoms with E-state index < -0.39 is 0 Å². The van der Waals surface area contributed by atoms with Crippen LogP contribution in [0.2, 0.25) is 0 Å². The molecule has 0 saturated carbocycles. The number of nitrogens with zero attached hydrogens (tertiary/aromatic N) is 3. The predicted molar refractivity (Wildman–Crippen MR) is 66.6 cm³/mol. The molecule has 3 unspecified atom stereocenters. The highest BCUT2D eigenvalue weighted by Crippen LogP contribution is 2.25. The van der Waals surface area contributed by atoms with Gasteiger partial charge in [-0.3, -0.25) is 14.9 Å². The lowest BCUT2D eigenvalue weighted by Gasteiger charge is -2.29. The summed E-state index contributed by atoms with van der Waals surface area (Å²) in [6.45, 7) is 4.56. The molecule has 2 aliphatic heterocycles. The van der Waals surface area contributed by atoms with Gasteiger partial charge in [-0.15, -0.1) is 0 Å². The van der Waals surface area contributed by atoms with Gasteiger partial charge in [-0.1, -0.05) is 0 Å². The van der Waals surface area contributed by atoms with E-state index in [1.54, 1.807) is 12.4 Å². The van der Waals surface area contributed by atoms with E-state index in [1.165, 1.54) is 25.8 Å². The maximum atomic E-state index is 4.42. The molecule has 0 aromatic carbocycles. The third kappa shape index (κ3) is 2.33. The third-order valence-corrected chi connectivity index (χ3v) is 4.11. The van der Waals surface area contributed by atoms with Crippen molar-refractivity contribution >= 4 is 0 Å². The van der Waals surface area contributed by atoms with Gasteiger partial charge in [0.1, 0.15) is 0 Å². The van der Waals surface area contributed by atoms with Crippen LogP contribution >= 0.6 is 0 Å². The van der Waals surface area contributed by atoms with Crippen LogP contribution in [0.25, 0.3) is 0 Å². The van der Waals surface area contributed by atoms with Crippen molar-refractivity contribution in [3.05, 3.63) is 24.3 Å². The molecule has 17 heavy (non-hydrogen) atoms. The summed E-state index contributed by atoms with van der Waals surface area (Å²) in [5.41, 5.74) is 1.09. The summed E-state index contributed by atoms with van der Waals surface area (Å²) in [7, 11) is 0. The van der Waals surface area contributed by atoms with Crippen molar-refractivity contribution in [2.24, 2.45) is 0 Å². The van der Waals surface area contributed by atoms with E-state index >= 15 is 0 Å². The fourth-order valence-corrected chi connectivity index (χ4v) is 3.04. The third-order valence-electron chi connectivity index (χ3n) is 4.11. The Hall–Kier alpha value is -1.00.